The van der Waals surface area contributed by atoms with E-state index in [-0.39, 0.29) is 23.5 Å². The third-order valence-electron chi connectivity index (χ3n) is 4.98. The van der Waals surface area contributed by atoms with Crippen molar-refractivity contribution in [3.63, 3.8) is 0 Å². The standard InChI is InChI=1S/C21H23N5O2/c1-13(2)19-23-21(26(24-19)20-14(3)6-5-9-22-20)15-10-18(28)25(12-15)16-7-4-8-17(27)11-16/h4-9,11,13,15,27H,10,12H2,1-3H3/t15-/m0/s1. The number of pyridine rings is 1. The zero-order chi connectivity index (χ0) is 19.8. The summed E-state index contributed by atoms with van der Waals surface area (Å²) in [6, 6.07) is 10.6. The van der Waals surface area contributed by atoms with Crippen LogP contribution in [0.25, 0.3) is 5.82 Å². The molecule has 7 nitrogen and oxygen atoms in total. The number of phenols is 1. The second-order valence-electron chi connectivity index (χ2n) is 7.46. The molecule has 1 fully saturated rings. The predicted octanol–water partition coefficient (Wildman–Crippen LogP) is 3.32. The Morgan fingerprint density at radius 3 is 2.75 bits per heavy atom. The maximum atomic E-state index is 12.7. The number of benzene rings is 1. The molecule has 144 valence electrons. The molecule has 7 heteroatoms. The molecule has 1 aromatic carbocycles. The molecule has 3 heterocycles. The molecule has 0 aliphatic carbocycles. The number of anilines is 1. The van der Waals surface area contributed by atoms with Gasteiger partial charge in [-0.3, -0.25) is 4.79 Å². The smallest absolute Gasteiger partial charge is 0.227 e. The monoisotopic (exact) mass is 377 g/mol. The number of amides is 1. The van der Waals surface area contributed by atoms with Crippen LogP contribution in [0.15, 0.2) is 42.6 Å². The molecule has 1 aliphatic heterocycles. The number of aromatic hydroxyl groups is 1. The number of hydrogen-bond acceptors (Lipinski definition) is 5. The average Bonchev–Trinajstić information content (AvgIpc) is 3.26. The minimum Gasteiger partial charge on any atom is -0.508 e. The Labute approximate surface area is 163 Å². The Kier molecular flexibility index (Phi) is 4.58. The molecule has 1 aliphatic rings. The van der Waals surface area contributed by atoms with Gasteiger partial charge in [0.1, 0.15) is 11.6 Å². The molecule has 28 heavy (non-hydrogen) atoms. The Bertz CT molecular complexity index is 1030. The lowest BCUT2D eigenvalue weighted by Crippen LogP contribution is -2.24. The van der Waals surface area contributed by atoms with Crippen LogP contribution in [0.3, 0.4) is 0 Å². The topological polar surface area (TPSA) is 84.1 Å². The number of aryl methyl sites for hydroxylation is 1. The van der Waals surface area contributed by atoms with Crippen molar-refractivity contribution in [2.24, 2.45) is 0 Å². The molecule has 1 saturated heterocycles. The van der Waals surface area contributed by atoms with Gasteiger partial charge in [-0.1, -0.05) is 26.0 Å². The first kappa shape index (κ1) is 18.2. The van der Waals surface area contributed by atoms with Crippen LogP contribution < -0.4 is 4.90 Å². The van der Waals surface area contributed by atoms with E-state index in [0.717, 1.165) is 23.0 Å². The highest BCUT2D eigenvalue weighted by Crippen LogP contribution is 2.33. The Balaban J connectivity index is 1.73. The van der Waals surface area contributed by atoms with Crippen molar-refractivity contribution in [3.05, 3.63) is 59.8 Å². The third-order valence-corrected chi connectivity index (χ3v) is 4.98. The van der Waals surface area contributed by atoms with Gasteiger partial charge in [-0.25, -0.2) is 9.97 Å². The highest BCUT2D eigenvalue weighted by molar-refractivity contribution is 5.96. The van der Waals surface area contributed by atoms with Crippen LogP contribution in [0.4, 0.5) is 5.69 Å². The minimum absolute atomic E-state index is 0.00832. The molecule has 0 spiro atoms. The second-order valence-corrected chi connectivity index (χ2v) is 7.46. The molecule has 0 bridgehead atoms. The van der Waals surface area contributed by atoms with Crippen molar-refractivity contribution in [3.8, 4) is 11.6 Å². The third kappa shape index (κ3) is 3.24. The van der Waals surface area contributed by atoms with Crippen molar-refractivity contribution in [1.29, 1.82) is 0 Å². The van der Waals surface area contributed by atoms with Crippen molar-refractivity contribution in [2.45, 2.75) is 39.0 Å². The van der Waals surface area contributed by atoms with Gasteiger partial charge in [-0.15, -0.1) is 5.10 Å². The number of hydrogen-bond donors (Lipinski definition) is 1. The molecular weight excluding hydrogens is 354 g/mol. The predicted molar refractivity (Wildman–Crippen MR) is 106 cm³/mol. The van der Waals surface area contributed by atoms with Gasteiger partial charge < -0.3 is 10.0 Å². The van der Waals surface area contributed by atoms with Gasteiger partial charge >= 0.3 is 0 Å². The van der Waals surface area contributed by atoms with E-state index in [1.165, 1.54) is 0 Å². The molecule has 1 amide bonds. The summed E-state index contributed by atoms with van der Waals surface area (Å²) < 4.78 is 1.79. The van der Waals surface area contributed by atoms with E-state index in [4.69, 9.17) is 10.1 Å². The first-order valence-electron chi connectivity index (χ1n) is 9.42. The summed E-state index contributed by atoms with van der Waals surface area (Å²) in [5.74, 6) is 2.45. The van der Waals surface area contributed by atoms with Gasteiger partial charge in [-0.2, -0.15) is 4.68 Å². The summed E-state index contributed by atoms with van der Waals surface area (Å²) in [6.45, 7) is 6.58. The molecule has 3 aromatic rings. The number of carbonyl (C=O) groups is 1. The number of nitrogens with zero attached hydrogens (tertiary/aromatic N) is 5. The van der Waals surface area contributed by atoms with E-state index in [1.54, 1.807) is 34.0 Å². The van der Waals surface area contributed by atoms with Crippen molar-refractivity contribution >= 4 is 11.6 Å². The quantitative estimate of drug-likeness (QED) is 0.754. The van der Waals surface area contributed by atoms with Crippen LogP contribution in [-0.4, -0.2) is 37.3 Å². The van der Waals surface area contributed by atoms with E-state index in [1.807, 2.05) is 39.0 Å². The number of phenolic OH excluding ortho intramolecular Hbond substituents is 1. The maximum absolute atomic E-state index is 12.7. The average molecular weight is 377 g/mol. The van der Waals surface area contributed by atoms with Gasteiger partial charge in [0, 0.05) is 42.8 Å². The summed E-state index contributed by atoms with van der Waals surface area (Å²) in [7, 11) is 0. The molecule has 4 rings (SSSR count). The van der Waals surface area contributed by atoms with Crippen LogP contribution in [-0.2, 0) is 4.79 Å². The molecule has 2 aromatic heterocycles. The summed E-state index contributed by atoms with van der Waals surface area (Å²) in [4.78, 5) is 23.7. The zero-order valence-corrected chi connectivity index (χ0v) is 16.2. The van der Waals surface area contributed by atoms with Crippen LogP contribution in [0.2, 0.25) is 0 Å². The van der Waals surface area contributed by atoms with Gasteiger partial charge in [-0.05, 0) is 30.7 Å². The largest absolute Gasteiger partial charge is 0.508 e. The molecule has 0 radical (unpaired) electrons. The first-order chi connectivity index (χ1) is 13.4. The van der Waals surface area contributed by atoms with E-state index in [2.05, 4.69) is 4.98 Å². The second kappa shape index (κ2) is 7.07. The van der Waals surface area contributed by atoms with Crippen molar-refractivity contribution in [1.82, 2.24) is 19.7 Å². The van der Waals surface area contributed by atoms with Gasteiger partial charge in [0.25, 0.3) is 0 Å². The molecule has 1 N–H and O–H groups in total. The van der Waals surface area contributed by atoms with Crippen molar-refractivity contribution < 1.29 is 9.90 Å². The summed E-state index contributed by atoms with van der Waals surface area (Å²) >= 11 is 0. The summed E-state index contributed by atoms with van der Waals surface area (Å²) in [6.07, 6.45) is 2.08. The Morgan fingerprint density at radius 2 is 2.04 bits per heavy atom. The highest BCUT2D eigenvalue weighted by atomic mass is 16.3. The lowest BCUT2D eigenvalue weighted by atomic mass is 10.1. The van der Waals surface area contributed by atoms with E-state index >= 15 is 0 Å². The zero-order valence-electron chi connectivity index (χ0n) is 16.2. The van der Waals surface area contributed by atoms with Crippen molar-refractivity contribution in [2.75, 3.05) is 11.4 Å². The minimum atomic E-state index is -0.101. The number of aromatic nitrogens is 4. The van der Waals surface area contributed by atoms with Gasteiger partial charge in [0.05, 0.1) is 0 Å². The number of rotatable bonds is 4. The van der Waals surface area contributed by atoms with Crippen LogP contribution >= 0.6 is 0 Å². The fourth-order valence-corrected chi connectivity index (χ4v) is 3.50. The van der Waals surface area contributed by atoms with Gasteiger partial charge in [0.15, 0.2) is 11.6 Å². The fraction of sp³-hybridized carbons (Fsp3) is 0.333. The molecular formula is C21H23N5O2. The molecule has 0 saturated carbocycles. The van der Waals surface area contributed by atoms with E-state index in [9.17, 15) is 9.90 Å². The lowest BCUT2D eigenvalue weighted by molar-refractivity contribution is -0.117. The molecule has 0 unspecified atom stereocenters. The first-order valence-corrected chi connectivity index (χ1v) is 9.42. The SMILES string of the molecule is Cc1cccnc1-n1nc(C(C)C)nc1[C@H]1CC(=O)N(c2cccc(O)c2)C1. The maximum Gasteiger partial charge on any atom is 0.227 e. The summed E-state index contributed by atoms with van der Waals surface area (Å²) in [5, 5.41) is 14.5. The van der Waals surface area contributed by atoms with E-state index in [0.29, 0.717) is 18.7 Å². The normalized spacial score (nSPS) is 16.9. The Hall–Kier alpha value is -3.22. The van der Waals surface area contributed by atoms with Crippen LogP contribution in [0.5, 0.6) is 5.75 Å². The lowest BCUT2D eigenvalue weighted by Gasteiger charge is -2.17. The van der Waals surface area contributed by atoms with E-state index < -0.39 is 0 Å². The fourth-order valence-electron chi connectivity index (χ4n) is 3.50. The van der Waals surface area contributed by atoms with Gasteiger partial charge in [0.2, 0.25) is 5.91 Å². The highest BCUT2D eigenvalue weighted by Gasteiger charge is 2.36. The molecule has 1 atom stereocenters. The van der Waals surface area contributed by atoms with Crippen LogP contribution in [0, 0.1) is 6.92 Å². The van der Waals surface area contributed by atoms with Crippen LogP contribution in [0.1, 0.15) is 49.3 Å². The number of carbonyl (C=O) groups excluding carboxylic acids is 1. The summed E-state index contributed by atoms with van der Waals surface area (Å²) in [5.41, 5.74) is 1.69. The Morgan fingerprint density at radius 1 is 1.21 bits per heavy atom.